The highest BCUT2D eigenvalue weighted by atomic mass is 16.5. The molecule has 0 N–H and O–H groups in total. The summed E-state index contributed by atoms with van der Waals surface area (Å²) in [4.78, 5) is 14.2. The number of hydrogen-bond donors (Lipinski definition) is 0. The minimum atomic E-state index is -0.214. The number of nitrogens with zero attached hydrogens (tertiary/aromatic N) is 1. The molecule has 0 aliphatic carbocycles. The summed E-state index contributed by atoms with van der Waals surface area (Å²) >= 11 is 0. The fraction of sp³-hybridized carbons (Fsp3) is 0.438. The largest absolute Gasteiger partial charge is 0.454 e. The van der Waals surface area contributed by atoms with Crippen molar-refractivity contribution < 1.29 is 9.53 Å². The molecule has 0 amide bonds. The van der Waals surface area contributed by atoms with E-state index in [9.17, 15) is 4.79 Å². The van der Waals surface area contributed by atoms with E-state index in [1.165, 1.54) is 12.8 Å². The van der Waals surface area contributed by atoms with Crippen molar-refractivity contribution in [2.45, 2.75) is 25.9 Å². The van der Waals surface area contributed by atoms with Crippen LogP contribution in [0.15, 0.2) is 42.1 Å². The van der Waals surface area contributed by atoms with Gasteiger partial charge in [0, 0.05) is 30.8 Å². The Bertz CT molecular complexity index is 489. The Hall–Kier alpha value is -1.77. The van der Waals surface area contributed by atoms with Crippen LogP contribution in [-0.2, 0) is 9.53 Å². The first-order valence-electron chi connectivity index (χ1n) is 6.98. The Kier molecular flexibility index (Phi) is 3.28. The van der Waals surface area contributed by atoms with Gasteiger partial charge in [-0.3, -0.25) is 0 Å². The first-order chi connectivity index (χ1) is 9.25. The summed E-state index contributed by atoms with van der Waals surface area (Å²) in [7, 11) is 0. The average molecular weight is 257 g/mol. The smallest absolute Gasteiger partial charge is 0.333 e. The van der Waals surface area contributed by atoms with E-state index in [4.69, 9.17) is 4.74 Å². The average Bonchev–Trinajstić information content (AvgIpc) is 2.96. The second-order valence-corrected chi connectivity index (χ2v) is 5.32. The van der Waals surface area contributed by atoms with Gasteiger partial charge in [-0.2, -0.15) is 0 Å². The molecule has 0 radical (unpaired) electrons. The van der Waals surface area contributed by atoms with E-state index in [2.05, 4.69) is 11.8 Å². The van der Waals surface area contributed by atoms with Gasteiger partial charge in [-0.15, -0.1) is 0 Å². The quantitative estimate of drug-likeness (QED) is 0.763. The fourth-order valence-corrected chi connectivity index (χ4v) is 3.02. The van der Waals surface area contributed by atoms with Gasteiger partial charge in [0.2, 0.25) is 0 Å². The SMILES string of the molecule is C[C@H]1C(N2CCCC2)=CC(=O)O[C@H]1c1ccccc1. The number of benzene rings is 1. The van der Waals surface area contributed by atoms with Crippen LogP contribution in [0.3, 0.4) is 0 Å². The van der Waals surface area contributed by atoms with Crippen molar-refractivity contribution in [2.24, 2.45) is 5.92 Å². The fourth-order valence-electron chi connectivity index (χ4n) is 3.02. The van der Waals surface area contributed by atoms with Crippen molar-refractivity contribution in [2.75, 3.05) is 13.1 Å². The van der Waals surface area contributed by atoms with Gasteiger partial charge in [0.25, 0.3) is 0 Å². The van der Waals surface area contributed by atoms with Gasteiger partial charge >= 0.3 is 5.97 Å². The maximum atomic E-state index is 11.8. The zero-order valence-corrected chi connectivity index (χ0v) is 11.2. The molecule has 1 aromatic rings. The third-order valence-corrected chi connectivity index (χ3v) is 4.03. The molecule has 1 fully saturated rings. The molecule has 100 valence electrons. The summed E-state index contributed by atoms with van der Waals surface area (Å²) < 4.78 is 5.53. The lowest BCUT2D eigenvalue weighted by Crippen LogP contribution is -2.32. The standard InChI is InChI=1S/C16H19NO2/c1-12-14(17-9-5-6-10-17)11-15(18)19-16(12)13-7-3-2-4-8-13/h2-4,7-8,11-12,16H,5-6,9-10H2,1H3/t12-,16+/m0/s1. The van der Waals surface area contributed by atoms with Crippen LogP contribution < -0.4 is 0 Å². The summed E-state index contributed by atoms with van der Waals surface area (Å²) in [6.07, 6.45) is 3.95. The van der Waals surface area contributed by atoms with Crippen molar-refractivity contribution >= 4 is 5.97 Å². The first kappa shape index (κ1) is 12.3. The summed E-state index contributed by atoms with van der Waals surface area (Å²) in [6, 6.07) is 10.0. The van der Waals surface area contributed by atoms with Crippen LogP contribution in [0.4, 0.5) is 0 Å². The van der Waals surface area contributed by atoms with Crippen LogP contribution in [0.2, 0.25) is 0 Å². The molecule has 3 rings (SSSR count). The monoisotopic (exact) mass is 257 g/mol. The predicted octanol–water partition coefficient (Wildman–Crippen LogP) is 2.90. The Morgan fingerprint density at radius 2 is 1.84 bits per heavy atom. The zero-order chi connectivity index (χ0) is 13.2. The maximum absolute atomic E-state index is 11.8. The molecule has 3 nitrogen and oxygen atoms in total. The van der Waals surface area contributed by atoms with Crippen LogP contribution in [0.25, 0.3) is 0 Å². The minimum Gasteiger partial charge on any atom is -0.454 e. The molecule has 0 spiro atoms. The van der Waals surface area contributed by atoms with Crippen LogP contribution in [0.1, 0.15) is 31.4 Å². The Balaban J connectivity index is 1.88. The van der Waals surface area contributed by atoms with Crippen molar-refractivity contribution in [3.05, 3.63) is 47.7 Å². The second-order valence-electron chi connectivity index (χ2n) is 5.32. The normalized spacial score (nSPS) is 27.1. The molecular formula is C16H19NO2. The van der Waals surface area contributed by atoms with Crippen molar-refractivity contribution in [1.82, 2.24) is 4.90 Å². The number of likely N-dealkylation sites (tertiary alicyclic amines) is 1. The zero-order valence-electron chi connectivity index (χ0n) is 11.2. The molecule has 1 saturated heterocycles. The number of cyclic esters (lactones) is 1. The Labute approximate surface area is 113 Å². The number of hydrogen-bond acceptors (Lipinski definition) is 3. The minimum absolute atomic E-state index is 0.158. The molecule has 1 aromatic carbocycles. The summed E-state index contributed by atoms with van der Waals surface area (Å²) in [5.74, 6) is 0.00653. The molecule has 0 unspecified atom stereocenters. The van der Waals surface area contributed by atoms with Crippen LogP contribution in [0.5, 0.6) is 0 Å². The lowest BCUT2D eigenvalue weighted by atomic mass is 9.91. The third kappa shape index (κ3) is 2.37. The number of ether oxygens (including phenoxy) is 1. The van der Waals surface area contributed by atoms with Gasteiger partial charge < -0.3 is 9.64 Å². The highest BCUT2D eigenvalue weighted by Crippen LogP contribution is 2.37. The van der Waals surface area contributed by atoms with Gasteiger partial charge in [0.1, 0.15) is 6.10 Å². The Morgan fingerprint density at radius 1 is 1.16 bits per heavy atom. The summed E-state index contributed by atoms with van der Waals surface area (Å²) in [6.45, 7) is 4.27. The van der Waals surface area contributed by atoms with E-state index in [-0.39, 0.29) is 18.0 Å². The maximum Gasteiger partial charge on any atom is 0.333 e. The van der Waals surface area contributed by atoms with Crippen LogP contribution >= 0.6 is 0 Å². The third-order valence-electron chi connectivity index (χ3n) is 4.03. The highest BCUT2D eigenvalue weighted by Gasteiger charge is 2.33. The molecule has 2 aliphatic heterocycles. The number of esters is 1. The molecule has 0 bridgehead atoms. The molecule has 3 heteroatoms. The van der Waals surface area contributed by atoms with E-state index in [1.807, 2.05) is 30.3 Å². The van der Waals surface area contributed by atoms with Gasteiger partial charge in [0.05, 0.1) is 0 Å². The van der Waals surface area contributed by atoms with E-state index in [1.54, 1.807) is 6.08 Å². The number of rotatable bonds is 2. The van der Waals surface area contributed by atoms with Gasteiger partial charge in [-0.05, 0) is 18.4 Å². The summed E-state index contributed by atoms with van der Waals surface area (Å²) in [5, 5.41) is 0. The van der Waals surface area contributed by atoms with E-state index in [0.717, 1.165) is 24.4 Å². The highest BCUT2D eigenvalue weighted by molar-refractivity contribution is 5.84. The van der Waals surface area contributed by atoms with E-state index in [0.29, 0.717) is 0 Å². The second kappa shape index (κ2) is 5.08. The molecular weight excluding hydrogens is 238 g/mol. The molecule has 0 aromatic heterocycles. The molecule has 19 heavy (non-hydrogen) atoms. The van der Waals surface area contributed by atoms with Gasteiger partial charge in [0.15, 0.2) is 0 Å². The molecule has 2 heterocycles. The number of carbonyl (C=O) groups excluding carboxylic acids is 1. The van der Waals surface area contributed by atoms with E-state index >= 15 is 0 Å². The predicted molar refractivity (Wildman–Crippen MR) is 73.3 cm³/mol. The van der Waals surface area contributed by atoms with Crippen LogP contribution in [0, 0.1) is 5.92 Å². The first-order valence-corrected chi connectivity index (χ1v) is 6.98. The summed E-state index contributed by atoms with van der Waals surface area (Å²) in [5.41, 5.74) is 2.22. The topological polar surface area (TPSA) is 29.5 Å². The van der Waals surface area contributed by atoms with Crippen molar-refractivity contribution in [3.8, 4) is 0 Å². The van der Waals surface area contributed by atoms with Crippen molar-refractivity contribution in [3.63, 3.8) is 0 Å². The van der Waals surface area contributed by atoms with Gasteiger partial charge in [-0.1, -0.05) is 37.3 Å². The van der Waals surface area contributed by atoms with Gasteiger partial charge in [-0.25, -0.2) is 4.79 Å². The molecule has 2 atom stereocenters. The number of carbonyl (C=O) groups is 1. The molecule has 2 aliphatic rings. The van der Waals surface area contributed by atoms with E-state index < -0.39 is 0 Å². The Morgan fingerprint density at radius 3 is 2.53 bits per heavy atom. The lowest BCUT2D eigenvalue weighted by Gasteiger charge is -2.34. The van der Waals surface area contributed by atoms with Crippen LogP contribution in [-0.4, -0.2) is 24.0 Å². The molecule has 0 saturated carbocycles. The lowest BCUT2D eigenvalue weighted by molar-refractivity contribution is -0.147. The van der Waals surface area contributed by atoms with Crippen molar-refractivity contribution in [1.29, 1.82) is 0 Å².